The third-order valence-electron chi connectivity index (χ3n) is 4.51. The zero-order valence-electron chi connectivity index (χ0n) is 14.0. The first-order chi connectivity index (χ1) is 12.1. The van der Waals surface area contributed by atoms with E-state index in [0.717, 1.165) is 24.0 Å². The van der Waals surface area contributed by atoms with Crippen molar-refractivity contribution < 1.29 is 14.3 Å². The maximum Gasteiger partial charge on any atom is 0.249 e. The Morgan fingerprint density at radius 3 is 2.76 bits per heavy atom. The van der Waals surface area contributed by atoms with Crippen LogP contribution >= 0.6 is 0 Å². The summed E-state index contributed by atoms with van der Waals surface area (Å²) in [5.41, 5.74) is 7.64. The molecule has 0 saturated carbocycles. The van der Waals surface area contributed by atoms with Crippen LogP contribution in [0.3, 0.4) is 0 Å². The van der Waals surface area contributed by atoms with Crippen LogP contribution in [0.25, 0.3) is 0 Å². The van der Waals surface area contributed by atoms with Crippen LogP contribution in [-0.4, -0.2) is 43.6 Å². The highest BCUT2D eigenvalue weighted by Crippen LogP contribution is 2.17. The molecule has 0 spiro atoms. The van der Waals surface area contributed by atoms with Crippen LogP contribution in [0.1, 0.15) is 34.3 Å². The van der Waals surface area contributed by atoms with Gasteiger partial charge in [-0.3, -0.25) is 14.6 Å². The van der Waals surface area contributed by atoms with E-state index in [9.17, 15) is 9.59 Å². The molecule has 2 amide bonds. The zero-order valence-corrected chi connectivity index (χ0v) is 14.0. The Hall–Kier alpha value is -2.54. The Bertz CT molecular complexity index is 696. The number of aliphatic imine (C=N–C) groups is 2. The predicted molar refractivity (Wildman–Crippen MR) is 94.8 cm³/mol. The highest BCUT2D eigenvalue weighted by Gasteiger charge is 2.21. The molecule has 132 valence electrons. The first-order valence-electron chi connectivity index (χ1n) is 8.45. The summed E-state index contributed by atoms with van der Waals surface area (Å²) in [5.74, 6) is -0.531. The molecule has 1 fully saturated rings. The number of amides is 2. The largest absolute Gasteiger partial charge is 0.381 e. The Labute approximate surface area is 146 Å². The monoisotopic (exact) mass is 342 g/mol. The van der Waals surface area contributed by atoms with Crippen molar-refractivity contribution in [3.63, 3.8) is 0 Å². The fraction of sp³-hybridized carbons (Fsp3) is 0.444. The van der Waals surface area contributed by atoms with Gasteiger partial charge in [-0.25, -0.2) is 4.99 Å². The van der Waals surface area contributed by atoms with E-state index in [4.69, 9.17) is 10.5 Å². The van der Waals surface area contributed by atoms with Crippen LogP contribution in [-0.2, 0) is 22.5 Å². The molecule has 1 atom stereocenters. The molecule has 25 heavy (non-hydrogen) atoms. The molecule has 0 radical (unpaired) electrons. The number of benzene rings is 1. The maximum absolute atomic E-state index is 12.3. The van der Waals surface area contributed by atoms with Crippen LogP contribution in [0.5, 0.6) is 0 Å². The number of carbonyl (C=O) groups excluding carboxylic acids is 2. The van der Waals surface area contributed by atoms with Crippen molar-refractivity contribution in [3.8, 4) is 0 Å². The number of hydrogen-bond donors (Lipinski definition) is 2. The average Bonchev–Trinajstić information content (AvgIpc) is 3.13. The Morgan fingerprint density at radius 1 is 1.28 bits per heavy atom. The second kappa shape index (κ2) is 8.02. The number of primary amides is 1. The SMILES string of the molecule is NC(=O)c1ccc(CC2C=NC=N2)cc1CNC(=O)C1CCOCC1. The minimum absolute atomic E-state index is 0.00310. The maximum atomic E-state index is 12.3. The lowest BCUT2D eigenvalue weighted by Crippen LogP contribution is -2.34. The molecule has 2 heterocycles. The van der Waals surface area contributed by atoms with Gasteiger partial charge in [0.15, 0.2) is 0 Å². The molecule has 0 aromatic heterocycles. The minimum atomic E-state index is -0.498. The number of nitrogens with two attached hydrogens (primary N) is 1. The minimum Gasteiger partial charge on any atom is -0.381 e. The Morgan fingerprint density at radius 2 is 2.08 bits per heavy atom. The molecule has 0 aliphatic carbocycles. The molecule has 1 aromatic carbocycles. The van der Waals surface area contributed by atoms with Crippen molar-refractivity contribution in [1.82, 2.24) is 5.32 Å². The summed E-state index contributed by atoms with van der Waals surface area (Å²) in [5, 5.41) is 2.93. The number of nitrogens with zero attached hydrogens (tertiary/aromatic N) is 2. The van der Waals surface area contributed by atoms with E-state index in [2.05, 4.69) is 15.3 Å². The number of hydrogen-bond acceptors (Lipinski definition) is 5. The van der Waals surface area contributed by atoms with Crippen molar-refractivity contribution in [2.75, 3.05) is 13.2 Å². The van der Waals surface area contributed by atoms with Crippen molar-refractivity contribution in [2.45, 2.75) is 31.8 Å². The van der Waals surface area contributed by atoms with E-state index >= 15 is 0 Å². The summed E-state index contributed by atoms with van der Waals surface area (Å²) in [6.45, 7) is 1.51. The Balaban J connectivity index is 1.68. The van der Waals surface area contributed by atoms with Gasteiger partial charge < -0.3 is 15.8 Å². The number of rotatable bonds is 6. The summed E-state index contributed by atoms with van der Waals surface area (Å²) in [6, 6.07) is 5.50. The predicted octanol–water partition coefficient (Wildman–Crippen LogP) is 0.852. The molecule has 1 unspecified atom stereocenters. The van der Waals surface area contributed by atoms with Gasteiger partial charge in [-0.2, -0.15) is 0 Å². The highest BCUT2D eigenvalue weighted by molar-refractivity contribution is 5.94. The summed E-state index contributed by atoms with van der Waals surface area (Å²) in [4.78, 5) is 32.2. The van der Waals surface area contributed by atoms with Gasteiger partial charge in [-0.05, 0) is 36.5 Å². The van der Waals surface area contributed by atoms with E-state index in [0.29, 0.717) is 25.2 Å². The first kappa shape index (κ1) is 17.3. The van der Waals surface area contributed by atoms with Crippen LogP contribution in [0, 0.1) is 5.92 Å². The standard InChI is InChI=1S/C18H22N4O3/c19-17(23)16-2-1-12(8-15-10-20-11-22-15)7-14(16)9-21-18(24)13-3-5-25-6-4-13/h1-2,7,10-11,13,15H,3-6,8-9H2,(H2,19,23)(H,21,24). The molecule has 7 heteroatoms. The fourth-order valence-electron chi connectivity index (χ4n) is 3.09. The third kappa shape index (κ3) is 4.51. The summed E-state index contributed by atoms with van der Waals surface area (Å²) in [7, 11) is 0. The lowest BCUT2D eigenvalue weighted by atomic mass is 9.97. The van der Waals surface area contributed by atoms with Crippen molar-refractivity contribution in [3.05, 3.63) is 34.9 Å². The molecule has 1 aromatic rings. The topological polar surface area (TPSA) is 106 Å². The quantitative estimate of drug-likeness (QED) is 0.800. The van der Waals surface area contributed by atoms with Crippen molar-refractivity contribution >= 4 is 24.4 Å². The van der Waals surface area contributed by atoms with Crippen LogP contribution in [0.2, 0.25) is 0 Å². The number of carbonyl (C=O) groups is 2. The van der Waals surface area contributed by atoms with Crippen molar-refractivity contribution in [2.24, 2.45) is 21.6 Å². The lowest BCUT2D eigenvalue weighted by Gasteiger charge is -2.21. The van der Waals surface area contributed by atoms with E-state index in [1.807, 2.05) is 12.1 Å². The van der Waals surface area contributed by atoms with Crippen LogP contribution in [0.15, 0.2) is 28.2 Å². The van der Waals surface area contributed by atoms with Gasteiger partial charge in [0.1, 0.15) is 6.34 Å². The molecule has 2 aliphatic heterocycles. The molecule has 3 rings (SSSR count). The summed E-state index contributed by atoms with van der Waals surface area (Å²) < 4.78 is 5.28. The van der Waals surface area contributed by atoms with Gasteiger partial charge in [0.05, 0.1) is 6.04 Å². The molecular weight excluding hydrogens is 320 g/mol. The van der Waals surface area contributed by atoms with Gasteiger partial charge in [0.2, 0.25) is 11.8 Å². The first-order valence-corrected chi connectivity index (χ1v) is 8.45. The molecule has 7 nitrogen and oxygen atoms in total. The Kier molecular flexibility index (Phi) is 5.55. The van der Waals surface area contributed by atoms with Gasteiger partial charge >= 0.3 is 0 Å². The molecule has 1 saturated heterocycles. The number of nitrogens with one attached hydrogen (secondary N) is 1. The molecule has 0 bridgehead atoms. The van der Waals surface area contributed by atoms with Gasteiger partial charge in [-0.1, -0.05) is 12.1 Å². The second-order valence-electron chi connectivity index (χ2n) is 6.29. The second-order valence-corrected chi connectivity index (χ2v) is 6.29. The average molecular weight is 342 g/mol. The smallest absolute Gasteiger partial charge is 0.249 e. The van der Waals surface area contributed by atoms with E-state index < -0.39 is 5.91 Å². The zero-order chi connectivity index (χ0) is 17.6. The van der Waals surface area contributed by atoms with Gasteiger partial charge in [0.25, 0.3) is 0 Å². The highest BCUT2D eigenvalue weighted by atomic mass is 16.5. The molecule has 3 N–H and O–H groups in total. The van der Waals surface area contributed by atoms with E-state index in [1.165, 1.54) is 6.34 Å². The molecular formula is C18H22N4O3. The lowest BCUT2D eigenvalue weighted by molar-refractivity contribution is -0.128. The van der Waals surface area contributed by atoms with Gasteiger partial charge in [0, 0.05) is 37.5 Å². The normalized spacial score (nSPS) is 19.9. The fourth-order valence-corrected chi connectivity index (χ4v) is 3.09. The molecule has 2 aliphatic rings. The third-order valence-corrected chi connectivity index (χ3v) is 4.51. The van der Waals surface area contributed by atoms with Crippen molar-refractivity contribution in [1.29, 1.82) is 0 Å². The van der Waals surface area contributed by atoms with Gasteiger partial charge in [-0.15, -0.1) is 0 Å². The van der Waals surface area contributed by atoms with E-state index in [-0.39, 0.29) is 24.4 Å². The van der Waals surface area contributed by atoms with E-state index in [1.54, 1.807) is 12.3 Å². The van der Waals surface area contributed by atoms with Crippen LogP contribution < -0.4 is 11.1 Å². The summed E-state index contributed by atoms with van der Waals surface area (Å²) >= 11 is 0. The van der Waals surface area contributed by atoms with Crippen LogP contribution in [0.4, 0.5) is 0 Å². The summed E-state index contributed by atoms with van der Waals surface area (Å²) in [6.07, 6.45) is 5.48. The number of ether oxygens (including phenoxy) is 1.